The molecule has 6 nitrogen and oxygen atoms in total. The van der Waals surface area contributed by atoms with Crippen LogP contribution in [0.4, 0.5) is 0 Å². The van der Waals surface area contributed by atoms with E-state index < -0.39 is 11.4 Å². The third-order valence-electron chi connectivity index (χ3n) is 2.51. The molecule has 0 amide bonds. The lowest BCUT2D eigenvalue weighted by Gasteiger charge is -2.08. The maximum atomic E-state index is 11.9. The van der Waals surface area contributed by atoms with Crippen LogP contribution in [0.3, 0.4) is 0 Å². The fraction of sp³-hybridized carbons (Fsp3) is 0.273. The normalized spacial score (nSPS) is 10.7. The summed E-state index contributed by atoms with van der Waals surface area (Å²) < 4.78 is 1.63. The van der Waals surface area contributed by atoms with E-state index in [1.807, 2.05) is 6.92 Å². The van der Waals surface area contributed by atoms with Crippen LogP contribution in [-0.2, 0) is 6.54 Å². The highest BCUT2D eigenvalue weighted by atomic mass is 16.4. The van der Waals surface area contributed by atoms with Crippen molar-refractivity contribution in [3.05, 3.63) is 34.0 Å². The molecule has 2 aromatic heterocycles. The Morgan fingerprint density at radius 1 is 1.53 bits per heavy atom. The summed E-state index contributed by atoms with van der Waals surface area (Å²) in [6.07, 6.45) is 2.69. The number of nitrogens with zero attached hydrogens (tertiary/aromatic N) is 3. The molecule has 1 N–H and O–H groups in total. The van der Waals surface area contributed by atoms with Gasteiger partial charge in [-0.2, -0.15) is 0 Å². The summed E-state index contributed by atoms with van der Waals surface area (Å²) in [5.41, 5.74) is -0.334. The minimum atomic E-state index is -1.24. The Bertz CT molecular complexity index is 661. The molecule has 0 saturated carbocycles. The van der Waals surface area contributed by atoms with Crippen LogP contribution in [-0.4, -0.2) is 25.6 Å². The molecule has 17 heavy (non-hydrogen) atoms. The van der Waals surface area contributed by atoms with Crippen molar-refractivity contribution in [2.24, 2.45) is 0 Å². The first-order chi connectivity index (χ1) is 8.04. The molecule has 0 aliphatic heterocycles. The number of aromatic nitrogens is 3. The first-order valence-electron chi connectivity index (χ1n) is 5.14. The van der Waals surface area contributed by atoms with Crippen molar-refractivity contribution in [3.8, 4) is 0 Å². The predicted molar refractivity (Wildman–Crippen MR) is 61.2 cm³/mol. The van der Waals surface area contributed by atoms with Crippen LogP contribution in [0.15, 0.2) is 17.2 Å². The maximum Gasteiger partial charge on any atom is 0.341 e. The summed E-state index contributed by atoms with van der Waals surface area (Å²) in [5.74, 6) is -0.693. The van der Waals surface area contributed by atoms with Crippen LogP contribution in [0.25, 0.3) is 11.0 Å². The van der Waals surface area contributed by atoms with Gasteiger partial charge in [-0.05, 0) is 13.8 Å². The zero-order chi connectivity index (χ0) is 12.6. The molecule has 2 rings (SSSR count). The van der Waals surface area contributed by atoms with E-state index in [-0.39, 0.29) is 10.9 Å². The molecule has 0 aromatic carbocycles. The van der Waals surface area contributed by atoms with E-state index in [4.69, 9.17) is 5.11 Å². The lowest BCUT2D eigenvalue weighted by atomic mass is 10.2. The molecule has 2 aromatic rings. The van der Waals surface area contributed by atoms with Gasteiger partial charge >= 0.3 is 5.97 Å². The van der Waals surface area contributed by atoms with Gasteiger partial charge in [-0.25, -0.2) is 14.8 Å². The van der Waals surface area contributed by atoms with Crippen molar-refractivity contribution in [2.45, 2.75) is 20.4 Å². The molecular weight excluding hydrogens is 222 g/mol. The highest BCUT2D eigenvalue weighted by Gasteiger charge is 2.14. The molecule has 6 heteroatoms. The number of rotatable bonds is 2. The zero-order valence-electron chi connectivity index (χ0n) is 9.47. The Kier molecular flexibility index (Phi) is 2.63. The van der Waals surface area contributed by atoms with Gasteiger partial charge in [0.05, 0.1) is 5.39 Å². The Morgan fingerprint density at radius 3 is 2.82 bits per heavy atom. The quantitative estimate of drug-likeness (QED) is 0.829. The average molecular weight is 233 g/mol. The second-order valence-corrected chi connectivity index (χ2v) is 3.62. The van der Waals surface area contributed by atoms with Gasteiger partial charge in [0.25, 0.3) is 0 Å². The number of hydrogen-bond acceptors (Lipinski definition) is 4. The fourth-order valence-corrected chi connectivity index (χ4v) is 1.65. The number of pyridine rings is 1. The summed E-state index contributed by atoms with van der Waals surface area (Å²) in [6, 6.07) is 0. The van der Waals surface area contributed by atoms with E-state index >= 15 is 0 Å². The van der Waals surface area contributed by atoms with Crippen LogP contribution >= 0.6 is 0 Å². The Morgan fingerprint density at radius 2 is 2.24 bits per heavy atom. The van der Waals surface area contributed by atoms with Gasteiger partial charge in [-0.3, -0.25) is 4.79 Å². The van der Waals surface area contributed by atoms with Crippen LogP contribution in [0.5, 0.6) is 0 Å². The highest BCUT2D eigenvalue weighted by molar-refractivity contribution is 5.91. The van der Waals surface area contributed by atoms with Gasteiger partial charge in [0.1, 0.15) is 17.0 Å². The van der Waals surface area contributed by atoms with Crippen molar-refractivity contribution in [2.75, 3.05) is 0 Å². The standard InChI is InChI=1S/C11H11N3O3/c1-3-14-5-8(11(16)17)9(15)7-4-12-6(2)13-10(7)14/h4-5H,3H2,1-2H3,(H,16,17). The van der Waals surface area contributed by atoms with E-state index in [0.717, 1.165) is 0 Å². The SMILES string of the molecule is CCn1cc(C(=O)O)c(=O)c2cnc(C)nc21. The van der Waals surface area contributed by atoms with Gasteiger partial charge in [0.2, 0.25) is 5.43 Å². The molecule has 0 unspecified atom stereocenters. The number of aromatic carboxylic acids is 1. The summed E-state index contributed by atoms with van der Waals surface area (Å²) in [5, 5.41) is 9.18. The molecule has 0 atom stereocenters. The van der Waals surface area contributed by atoms with E-state index in [9.17, 15) is 9.59 Å². The first kappa shape index (κ1) is 11.3. The third-order valence-corrected chi connectivity index (χ3v) is 2.51. The third kappa shape index (κ3) is 1.77. The van der Waals surface area contributed by atoms with Gasteiger partial charge in [0.15, 0.2) is 0 Å². The molecule has 0 saturated heterocycles. The Balaban J connectivity index is 2.95. The molecule has 0 spiro atoms. The molecule has 0 radical (unpaired) electrons. The van der Waals surface area contributed by atoms with Crippen LogP contribution < -0.4 is 5.43 Å². The number of fused-ring (bicyclic) bond motifs is 1. The van der Waals surface area contributed by atoms with Crippen molar-refractivity contribution in [1.29, 1.82) is 0 Å². The minimum Gasteiger partial charge on any atom is -0.477 e. The lowest BCUT2D eigenvalue weighted by molar-refractivity contribution is 0.0695. The highest BCUT2D eigenvalue weighted by Crippen LogP contribution is 2.09. The van der Waals surface area contributed by atoms with E-state index in [1.165, 1.54) is 12.4 Å². The minimum absolute atomic E-state index is 0.234. The van der Waals surface area contributed by atoms with Crippen LogP contribution in [0.2, 0.25) is 0 Å². The summed E-state index contributed by atoms with van der Waals surface area (Å²) in [7, 11) is 0. The molecular formula is C11H11N3O3. The van der Waals surface area contributed by atoms with Gasteiger partial charge in [-0.1, -0.05) is 0 Å². The van der Waals surface area contributed by atoms with Gasteiger partial charge in [-0.15, -0.1) is 0 Å². The van der Waals surface area contributed by atoms with E-state index in [1.54, 1.807) is 11.5 Å². The molecule has 88 valence electrons. The molecule has 2 heterocycles. The fourth-order valence-electron chi connectivity index (χ4n) is 1.65. The van der Waals surface area contributed by atoms with Crippen LogP contribution in [0.1, 0.15) is 23.1 Å². The number of carboxylic acid groups (broad SMARTS) is 1. The average Bonchev–Trinajstić information content (AvgIpc) is 2.29. The van der Waals surface area contributed by atoms with E-state index in [2.05, 4.69) is 9.97 Å². The Labute approximate surface area is 96.6 Å². The van der Waals surface area contributed by atoms with Crippen molar-refractivity contribution < 1.29 is 9.90 Å². The van der Waals surface area contributed by atoms with Gasteiger partial charge < -0.3 is 9.67 Å². The van der Waals surface area contributed by atoms with Gasteiger partial charge in [0, 0.05) is 18.9 Å². The number of hydrogen-bond donors (Lipinski definition) is 1. The number of aryl methyl sites for hydroxylation is 2. The summed E-state index contributed by atoms with van der Waals surface area (Å²) in [6.45, 7) is 4.11. The molecule has 0 fully saturated rings. The largest absolute Gasteiger partial charge is 0.477 e. The predicted octanol–water partition coefficient (Wildman–Crippen LogP) is 0.818. The zero-order valence-corrected chi connectivity index (χ0v) is 9.47. The van der Waals surface area contributed by atoms with Crippen molar-refractivity contribution in [3.63, 3.8) is 0 Å². The Hall–Kier alpha value is -2.24. The second-order valence-electron chi connectivity index (χ2n) is 3.62. The smallest absolute Gasteiger partial charge is 0.341 e. The lowest BCUT2D eigenvalue weighted by Crippen LogP contribution is -2.19. The van der Waals surface area contributed by atoms with Crippen LogP contribution in [0, 0.1) is 6.92 Å². The summed E-state index contributed by atoms with van der Waals surface area (Å²) >= 11 is 0. The monoisotopic (exact) mass is 233 g/mol. The molecule has 0 aliphatic rings. The number of carbonyl (C=O) groups is 1. The van der Waals surface area contributed by atoms with E-state index in [0.29, 0.717) is 18.0 Å². The maximum absolute atomic E-state index is 11.9. The first-order valence-corrected chi connectivity index (χ1v) is 5.14. The molecule has 0 bridgehead atoms. The second kappa shape index (κ2) is 3.97. The van der Waals surface area contributed by atoms with Crippen molar-refractivity contribution >= 4 is 17.0 Å². The topological polar surface area (TPSA) is 85.1 Å². The molecule has 0 aliphatic carbocycles. The summed E-state index contributed by atoms with van der Waals surface area (Å²) in [4.78, 5) is 30.9. The number of carboxylic acids is 1. The van der Waals surface area contributed by atoms with Crippen molar-refractivity contribution in [1.82, 2.24) is 14.5 Å².